The Labute approximate surface area is 99.2 Å². The minimum Gasteiger partial charge on any atom is -0.478 e. The molecule has 4 nitrogen and oxygen atoms in total. The number of carboxylic acids is 1. The molecular weight excluding hydrogens is 220 g/mol. The maximum Gasteiger partial charge on any atom is 0.338 e. The fourth-order valence-corrected chi connectivity index (χ4v) is 1.97. The normalized spacial score (nSPS) is 15.8. The van der Waals surface area contributed by atoms with E-state index >= 15 is 0 Å². The first-order chi connectivity index (χ1) is 8.16. The second-order valence-corrected chi connectivity index (χ2v) is 4.19. The van der Waals surface area contributed by atoms with E-state index in [1.807, 2.05) is 0 Å². The Morgan fingerprint density at radius 1 is 1.06 bits per heavy atom. The molecule has 1 fully saturated rings. The van der Waals surface area contributed by atoms with Crippen molar-refractivity contribution in [3.05, 3.63) is 35.4 Å². The van der Waals surface area contributed by atoms with Crippen LogP contribution in [0.25, 0.3) is 0 Å². The van der Waals surface area contributed by atoms with Crippen LogP contribution >= 0.6 is 0 Å². The molecule has 1 N–H and O–H groups in total. The van der Waals surface area contributed by atoms with Crippen LogP contribution in [0.5, 0.6) is 0 Å². The lowest BCUT2D eigenvalue weighted by Gasteiger charge is -2.11. The lowest BCUT2D eigenvalue weighted by Crippen LogP contribution is -2.14. The zero-order valence-electron chi connectivity index (χ0n) is 9.39. The van der Waals surface area contributed by atoms with Crippen LogP contribution in [0.2, 0.25) is 0 Å². The van der Waals surface area contributed by atoms with E-state index in [1.165, 1.54) is 24.3 Å². The number of rotatable bonds is 3. The van der Waals surface area contributed by atoms with E-state index in [-0.39, 0.29) is 17.6 Å². The van der Waals surface area contributed by atoms with E-state index in [2.05, 4.69) is 0 Å². The zero-order valence-corrected chi connectivity index (χ0v) is 9.39. The van der Waals surface area contributed by atoms with Crippen LogP contribution < -0.4 is 0 Å². The highest BCUT2D eigenvalue weighted by atomic mass is 16.5. The predicted molar refractivity (Wildman–Crippen MR) is 61.1 cm³/mol. The molecule has 0 bridgehead atoms. The van der Waals surface area contributed by atoms with E-state index in [0.29, 0.717) is 5.56 Å². The summed E-state index contributed by atoms with van der Waals surface area (Å²) in [6.07, 6.45) is 4.10. The Kier molecular flexibility index (Phi) is 3.42. The molecule has 90 valence electrons. The number of carbonyl (C=O) groups is 2. The van der Waals surface area contributed by atoms with E-state index < -0.39 is 5.97 Å². The molecular formula is C13H14O4. The molecule has 0 amide bonds. The fraction of sp³-hybridized carbons (Fsp3) is 0.385. The molecule has 2 rings (SSSR count). The van der Waals surface area contributed by atoms with Crippen LogP contribution in [0.1, 0.15) is 46.4 Å². The minimum absolute atomic E-state index is 0.0293. The largest absolute Gasteiger partial charge is 0.478 e. The summed E-state index contributed by atoms with van der Waals surface area (Å²) in [5.41, 5.74) is 0.573. The molecule has 1 aromatic rings. The number of esters is 1. The third-order valence-corrected chi connectivity index (χ3v) is 2.94. The van der Waals surface area contributed by atoms with Crippen LogP contribution in [0.3, 0.4) is 0 Å². The van der Waals surface area contributed by atoms with Gasteiger partial charge >= 0.3 is 11.9 Å². The topological polar surface area (TPSA) is 63.6 Å². The van der Waals surface area contributed by atoms with Crippen molar-refractivity contribution in [2.75, 3.05) is 0 Å². The molecule has 0 radical (unpaired) electrons. The maximum atomic E-state index is 11.7. The number of ether oxygens (including phenoxy) is 1. The molecule has 1 aliphatic rings. The van der Waals surface area contributed by atoms with Crippen molar-refractivity contribution in [1.29, 1.82) is 0 Å². The molecule has 0 unspecified atom stereocenters. The third kappa shape index (κ3) is 2.84. The Bertz CT molecular complexity index is 416. The quantitative estimate of drug-likeness (QED) is 0.816. The van der Waals surface area contributed by atoms with Crippen molar-refractivity contribution in [2.45, 2.75) is 31.8 Å². The van der Waals surface area contributed by atoms with Gasteiger partial charge in [-0.15, -0.1) is 0 Å². The fourth-order valence-electron chi connectivity index (χ4n) is 1.97. The van der Waals surface area contributed by atoms with Crippen molar-refractivity contribution in [3.63, 3.8) is 0 Å². The van der Waals surface area contributed by atoms with E-state index in [0.717, 1.165) is 25.7 Å². The van der Waals surface area contributed by atoms with Gasteiger partial charge in [0.25, 0.3) is 0 Å². The molecule has 1 aliphatic carbocycles. The molecule has 1 saturated carbocycles. The van der Waals surface area contributed by atoms with E-state index in [4.69, 9.17) is 9.84 Å². The van der Waals surface area contributed by atoms with Gasteiger partial charge in [0, 0.05) is 0 Å². The predicted octanol–water partition coefficient (Wildman–Crippen LogP) is 2.48. The Balaban J connectivity index is 2.01. The number of carboxylic acid groups (broad SMARTS) is 1. The number of aromatic carboxylic acids is 1. The van der Waals surface area contributed by atoms with Crippen LogP contribution in [0.15, 0.2) is 24.3 Å². The first kappa shape index (κ1) is 11.6. The summed E-state index contributed by atoms with van der Waals surface area (Å²) in [6.45, 7) is 0. The Morgan fingerprint density at radius 3 is 2.12 bits per heavy atom. The van der Waals surface area contributed by atoms with Gasteiger partial charge in [-0.05, 0) is 49.9 Å². The summed E-state index contributed by atoms with van der Waals surface area (Å²) in [7, 11) is 0. The van der Waals surface area contributed by atoms with Gasteiger partial charge in [0.05, 0.1) is 11.1 Å². The lowest BCUT2D eigenvalue weighted by molar-refractivity contribution is 0.0317. The first-order valence-corrected chi connectivity index (χ1v) is 5.71. The van der Waals surface area contributed by atoms with Crippen LogP contribution in [-0.4, -0.2) is 23.1 Å². The van der Waals surface area contributed by atoms with Crippen LogP contribution in [0, 0.1) is 0 Å². The average molecular weight is 234 g/mol. The highest BCUT2D eigenvalue weighted by molar-refractivity contribution is 5.92. The van der Waals surface area contributed by atoms with Crippen molar-refractivity contribution in [2.24, 2.45) is 0 Å². The molecule has 0 aliphatic heterocycles. The van der Waals surface area contributed by atoms with Crippen LogP contribution in [0.4, 0.5) is 0 Å². The first-order valence-electron chi connectivity index (χ1n) is 5.71. The third-order valence-electron chi connectivity index (χ3n) is 2.94. The summed E-state index contributed by atoms with van der Waals surface area (Å²) >= 11 is 0. The smallest absolute Gasteiger partial charge is 0.338 e. The number of benzene rings is 1. The van der Waals surface area contributed by atoms with Crippen molar-refractivity contribution < 1.29 is 19.4 Å². The van der Waals surface area contributed by atoms with Gasteiger partial charge < -0.3 is 9.84 Å². The molecule has 0 spiro atoms. The summed E-state index contributed by atoms with van der Waals surface area (Å²) in [4.78, 5) is 22.4. The summed E-state index contributed by atoms with van der Waals surface area (Å²) in [6, 6.07) is 5.79. The van der Waals surface area contributed by atoms with Gasteiger partial charge in [0.2, 0.25) is 0 Å². The zero-order chi connectivity index (χ0) is 12.3. The average Bonchev–Trinajstić information content (AvgIpc) is 2.82. The van der Waals surface area contributed by atoms with Gasteiger partial charge in [-0.2, -0.15) is 0 Å². The number of hydrogen-bond donors (Lipinski definition) is 1. The summed E-state index contributed by atoms with van der Waals surface area (Å²) in [5.74, 6) is -1.37. The van der Waals surface area contributed by atoms with E-state index in [1.54, 1.807) is 0 Å². The maximum absolute atomic E-state index is 11.7. The van der Waals surface area contributed by atoms with Crippen LogP contribution in [-0.2, 0) is 4.74 Å². The van der Waals surface area contributed by atoms with Crippen molar-refractivity contribution >= 4 is 11.9 Å². The number of hydrogen-bond acceptors (Lipinski definition) is 3. The molecule has 0 atom stereocenters. The Morgan fingerprint density at radius 2 is 1.59 bits per heavy atom. The van der Waals surface area contributed by atoms with Gasteiger partial charge in [0.1, 0.15) is 6.10 Å². The van der Waals surface area contributed by atoms with Crippen molar-refractivity contribution in [3.8, 4) is 0 Å². The second kappa shape index (κ2) is 4.99. The summed E-state index contributed by atoms with van der Waals surface area (Å²) in [5, 5.41) is 8.73. The van der Waals surface area contributed by atoms with Gasteiger partial charge in [-0.25, -0.2) is 9.59 Å². The molecule has 1 aromatic carbocycles. The number of carbonyl (C=O) groups excluding carboxylic acids is 1. The monoisotopic (exact) mass is 234 g/mol. The highest BCUT2D eigenvalue weighted by Gasteiger charge is 2.20. The minimum atomic E-state index is -0.999. The van der Waals surface area contributed by atoms with Gasteiger partial charge in [-0.1, -0.05) is 0 Å². The molecule has 4 heteroatoms. The molecule has 0 saturated heterocycles. The molecule has 0 heterocycles. The SMILES string of the molecule is O=C(O)c1ccc(C(=O)OC2CCCC2)cc1. The van der Waals surface area contributed by atoms with Gasteiger partial charge in [-0.3, -0.25) is 0 Å². The lowest BCUT2D eigenvalue weighted by atomic mass is 10.1. The molecule has 17 heavy (non-hydrogen) atoms. The second-order valence-electron chi connectivity index (χ2n) is 4.19. The highest BCUT2D eigenvalue weighted by Crippen LogP contribution is 2.22. The van der Waals surface area contributed by atoms with Gasteiger partial charge in [0.15, 0.2) is 0 Å². The summed E-state index contributed by atoms with van der Waals surface area (Å²) < 4.78 is 5.31. The molecule has 0 aromatic heterocycles. The van der Waals surface area contributed by atoms with E-state index in [9.17, 15) is 9.59 Å². The Hall–Kier alpha value is -1.84. The standard InChI is InChI=1S/C13H14O4/c14-12(15)9-5-7-10(8-6-9)13(16)17-11-3-1-2-4-11/h5-8,11H,1-4H2,(H,14,15). The van der Waals surface area contributed by atoms with Crippen molar-refractivity contribution in [1.82, 2.24) is 0 Å².